The van der Waals surface area contributed by atoms with Gasteiger partial charge in [0.2, 0.25) is 0 Å². The summed E-state index contributed by atoms with van der Waals surface area (Å²) in [5, 5.41) is 7.59. The van der Waals surface area contributed by atoms with Crippen LogP contribution in [0.5, 0.6) is 0 Å². The molecule has 1 N–H and O–H groups in total. The highest BCUT2D eigenvalue weighted by atomic mass is 15.3. The van der Waals surface area contributed by atoms with Gasteiger partial charge in [-0.3, -0.25) is 10.00 Å². The molecule has 14 heavy (non-hydrogen) atoms. The SMILES string of the molecule is C#CC(C)NCc1ccn(C(C)C)n1. The summed E-state index contributed by atoms with van der Waals surface area (Å²) in [5.74, 6) is 2.62. The molecule has 76 valence electrons. The van der Waals surface area contributed by atoms with E-state index >= 15 is 0 Å². The third-order valence-corrected chi connectivity index (χ3v) is 2.03. The third kappa shape index (κ3) is 2.90. The molecule has 0 bridgehead atoms. The number of aromatic nitrogens is 2. The van der Waals surface area contributed by atoms with E-state index in [1.165, 1.54) is 0 Å². The Kier molecular flexibility index (Phi) is 3.73. The van der Waals surface area contributed by atoms with Crippen molar-refractivity contribution in [3.8, 4) is 12.3 Å². The topological polar surface area (TPSA) is 29.9 Å². The first-order valence-electron chi connectivity index (χ1n) is 4.87. The summed E-state index contributed by atoms with van der Waals surface area (Å²) < 4.78 is 1.94. The van der Waals surface area contributed by atoms with Crippen LogP contribution in [0.3, 0.4) is 0 Å². The molecular weight excluding hydrogens is 174 g/mol. The molecule has 1 aromatic heterocycles. The van der Waals surface area contributed by atoms with Crippen LogP contribution in [0, 0.1) is 12.3 Å². The average molecular weight is 191 g/mol. The summed E-state index contributed by atoms with van der Waals surface area (Å²) in [5.41, 5.74) is 1.03. The molecule has 0 saturated carbocycles. The molecule has 1 heterocycles. The predicted molar refractivity (Wildman–Crippen MR) is 57.7 cm³/mol. The smallest absolute Gasteiger partial charge is 0.0762 e. The summed E-state index contributed by atoms with van der Waals surface area (Å²) in [6.45, 7) is 6.90. The number of nitrogens with zero attached hydrogens (tertiary/aromatic N) is 2. The van der Waals surface area contributed by atoms with Crippen LogP contribution in [0.1, 0.15) is 32.5 Å². The molecule has 0 spiro atoms. The second-order valence-electron chi connectivity index (χ2n) is 3.65. The highest BCUT2D eigenvalue weighted by Crippen LogP contribution is 2.03. The minimum absolute atomic E-state index is 0.0965. The molecule has 1 aromatic rings. The molecule has 0 aromatic carbocycles. The first-order chi connectivity index (χ1) is 6.63. The minimum Gasteiger partial charge on any atom is -0.298 e. The molecular formula is C11H17N3. The van der Waals surface area contributed by atoms with E-state index in [0.29, 0.717) is 6.04 Å². The van der Waals surface area contributed by atoms with Gasteiger partial charge in [0.15, 0.2) is 0 Å². The maximum atomic E-state index is 5.25. The minimum atomic E-state index is 0.0965. The Hall–Kier alpha value is -1.27. The van der Waals surface area contributed by atoms with Crippen molar-refractivity contribution in [2.24, 2.45) is 0 Å². The number of terminal acetylenes is 1. The number of hydrogen-bond donors (Lipinski definition) is 1. The van der Waals surface area contributed by atoms with Crippen molar-refractivity contribution in [3.63, 3.8) is 0 Å². The Labute approximate surface area is 85.5 Å². The molecule has 0 radical (unpaired) electrons. The summed E-state index contributed by atoms with van der Waals surface area (Å²) in [4.78, 5) is 0. The largest absolute Gasteiger partial charge is 0.298 e. The first-order valence-corrected chi connectivity index (χ1v) is 4.87. The molecule has 0 fully saturated rings. The number of nitrogens with one attached hydrogen (secondary N) is 1. The van der Waals surface area contributed by atoms with Crippen LogP contribution < -0.4 is 5.32 Å². The van der Waals surface area contributed by atoms with Crippen LogP contribution in [0.4, 0.5) is 0 Å². The van der Waals surface area contributed by atoms with E-state index in [0.717, 1.165) is 12.2 Å². The van der Waals surface area contributed by atoms with Gasteiger partial charge >= 0.3 is 0 Å². The lowest BCUT2D eigenvalue weighted by Crippen LogP contribution is -2.23. The van der Waals surface area contributed by atoms with E-state index in [4.69, 9.17) is 6.42 Å². The predicted octanol–water partition coefficient (Wildman–Crippen LogP) is 1.58. The normalized spacial score (nSPS) is 12.8. The second kappa shape index (κ2) is 4.83. The van der Waals surface area contributed by atoms with Gasteiger partial charge in [-0.15, -0.1) is 6.42 Å². The van der Waals surface area contributed by atoms with E-state index in [1.54, 1.807) is 0 Å². The standard InChI is InChI=1S/C11H17N3/c1-5-10(4)12-8-11-6-7-14(13-11)9(2)3/h1,6-7,9-10,12H,8H2,2-4H3. The number of hydrogen-bond acceptors (Lipinski definition) is 2. The van der Waals surface area contributed by atoms with Crippen molar-refractivity contribution in [1.82, 2.24) is 15.1 Å². The fourth-order valence-corrected chi connectivity index (χ4v) is 1.08. The van der Waals surface area contributed by atoms with Crippen LogP contribution in [-0.4, -0.2) is 15.8 Å². The lowest BCUT2D eigenvalue weighted by Gasteiger charge is -2.06. The van der Waals surface area contributed by atoms with E-state index in [9.17, 15) is 0 Å². The van der Waals surface area contributed by atoms with Crippen molar-refractivity contribution >= 4 is 0 Å². The van der Waals surface area contributed by atoms with Crippen molar-refractivity contribution in [3.05, 3.63) is 18.0 Å². The molecule has 0 aliphatic carbocycles. The summed E-state index contributed by atoms with van der Waals surface area (Å²) >= 11 is 0. The zero-order valence-electron chi connectivity index (χ0n) is 8.99. The van der Waals surface area contributed by atoms with E-state index in [2.05, 4.69) is 30.2 Å². The molecule has 0 aliphatic heterocycles. The van der Waals surface area contributed by atoms with E-state index < -0.39 is 0 Å². The van der Waals surface area contributed by atoms with Gasteiger partial charge in [0, 0.05) is 18.8 Å². The van der Waals surface area contributed by atoms with Gasteiger partial charge in [0.1, 0.15) is 0 Å². The second-order valence-corrected chi connectivity index (χ2v) is 3.65. The summed E-state index contributed by atoms with van der Waals surface area (Å²) in [7, 11) is 0. The molecule has 1 rings (SSSR count). The van der Waals surface area contributed by atoms with Gasteiger partial charge < -0.3 is 0 Å². The lowest BCUT2D eigenvalue weighted by atomic mass is 10.3. The summed E-state index contributed by atoms with van der Waals surface area (Å²) in [6, 6.07) is 2.52. The quantitative estimate of drug-likeness (QED) is 0.732. The Morgan fingerprint density at radius 3 is 2.79 bits per heavy atom. The lowest BCUT2D eigenvalue weighted by molar-refractivity contribution is 0.519. The molecule has 1 atom stereocenters. The van der Waals surface area contributed by atoms with Crippen LogP contribution >= 0.6 is 0 Å². The highest BCUT2D eigenvalue weighted by Gasteiger charge is 2.02. The monoisotopic (exact) mass is 191 g/mol. The van der Waals surface area contributed by atoms with E-state index in [1.807, 2.05) is 23.9 Å². The van der Waals surface area contributed by atoms with Crippen LogP contribution in [0.2, 0.25) is 0 Å². The van der Waals surface area contributed by atoms with Gasteiger partial charge in [-0.2, -0.15) is 5.10 Å². The molecule has 0 aliphatic rings. The highest BCUT2D eigenvalue weighted by molar-refractivity contribution is 5.02. The maximum Gasteiger partial charge on any atom is 0.0762 e. The average Bonchev–Trinajstić information content (AvgIpc) is 2.62. The van der Waals surface area contributed by atoms with Gasteiger partial charge in [0.25, 0.3) is 0 Å². The molecule has 0 amide bonds. The first kappa shape index (κ1) is 10.8. The third-order valence-electron chi connectivity index (χ3n) is 2.03. The van der Waals surface area contributed by atoms with Crippen molar-refractivity contribution in [2.75, 3.05) is 0 Å². The molecule has 1 unspecified atom stereocenters. The van der Waals surface area contributed by atoms with Crippen LogP contribution in [0.15, 0.2) is 12.3 Å². The zero-order chi connectivity index (χ0) is 10.6. The van der Waals surface area contributed by atoms with Gasteiger partial charge in [-0.25, -0.2) is 0 Å². The van der Waals surface area contributed by atoms with Crippen molar-refractivity contribution < 1.29 is 0 Å². The van der Waals surface area contributed by atoms with Gasteiger partial charge in [0.05, 0.1) is 11.7 Å². The van der Waals surface area contributed by atoms with Crippen molar-refractivity contribution in [1.29, 1.82) is 0 Å². The Morgan fingerprint density at radius 1 is 1.57 bits per heavy atom. The van der Waals surface area contributed by atoms with Gasteiger partial charge in [-0.05, 0) is 26.8 Å². The Morgan fingerprint density at radius 2 is 2.29 bits per heavy atom. The maximum absolute atomic E-state index is 5.25. The van der Waals surface area contributed by atoms with Crippen molar-refractivity contribution in [2.45, 2.75) is 39.4 Å². The van der Waals surface area contributed by atoms with Crippen LogP contribution in [-0.2, 0) is 6.54 Å². The fourth-order valence-electron chi connectivity index (χ4n) is 1.08. The Balaban J connectivity index is 2.49. The Bertz CT molecular complexity index is 320. The summed E-state index contributed by atoms with van der Waals surface area (Å²) in [6.07, 6.45) is 7.24. The molecule has 3 nitrogen and oxygen atoms in total. The molecule has 3 heteroatoms. The fraction of sp³-hybridized carbons (Fsp3) is 0.545. The van der Waals surface area contributed by atoms with E-state index in [-0.39, 0.29) is 6.04 Å². The zero-order valence-corrected chi connectivity index (χ0v) is 8.99. The number of rotatable bonds is 4. The van der Waals surface area contributed by atoms with Gasteiger partial charge in [-0.1, -0.05) is 5.92 Å². The molecule has 0 saturated heterocycles. The van der Waals surface area contributed by atoms with Crippen LogP contribution in [0.25, 0.3) is 0 Å².